The highest BCUT2D eigenvalue weighted by molar-refractivity contribution is 7.19. The van der Waals surface area contributed by atoms with E-state index in [1.807, 2.05) is 6.92 Å². The number of nitrogens with one attached hydrogen (secondary N) is 1. The van der Waals surface area contributed by atoms with Gasteiger partial charge in [0.25, 0.3) is 0 Å². The van der Waals surface area contributed by atoms with E-state index in [1.165, 1.54) is 29.1 Å². The second kappa shape index (κ2) is 7.56. The molecule has 2 heterocycles. The lowest BCUT2D eigenvalue weighted by atomic mass is 9.97. The predicted octanol–water partition coefficient (Wildman–Crippen LogP) is 4.93. The van der Waals surface area contributed by atoms with Crippen LogP contribution in [0.15, 0.2) is 29.4 Å². The van der Waals surface area contributed by atoms with Crippen molar-refractivity contribution < 1.29 is 13.5 Å². The summed E-state index contributed by atoms with van der Waals surface area (Å²) in [6.07, 6.45) is 5.92. The van der Waals surface area contributed by atoms with Crippen molar-refractivity contribution in [3.63, 3.8) is 0 Å². The van der Waals surface area contributed by atoms with E-state index in [9.17, 15) is 8.78 Å². The fourth-order valence-electron chi connectivity index (χ4n) is 3.30. The predicted molar refractivity (Wildman–Crippen MR) is 103 cm³/mol. The van der Waals surface area contributed by atoms with Gasteiger partial charge in [0.05, 0.1) is 11.6 Å². The molecule has 0 radical (unpaired) electrons. The van der Waals surface area contributed by atoms with Crippen LogP contribution in [0.1, 0.15) is 34.7 Å². The Morgan fingerprint density at radius 3 is 2.89 bits per heavy atom. The number of hydrogen-bond donors (Lipinski definition) is 1. The zero-order chi connectivity index (χ0) is 18.8. The Morgan fingerprint density at radius 2 is 2.04 bits per heavy atom. The molecule has 1 aromatic carbocycles. The van der Waals surface area contributed by atoms with E-state index in [2.05, 4.69) is 25.2 Å². The highest BCUT2D eigenvalue weighted by atomic mass is 32.1. The molecule has 3 aromatic rings. The number of rotatable bonds is 5. The Morgan fingerprint density at radius 1 is 1.22 bits per heavy atom. The van der Waals surface area contributed by atoms with Gasteiger partial charge in [-0.25, -0.2) is 9.97 Å². The van der Waals surface area contributed by atoms with Crippen LogP contribution in [0.2, 0.25) is 0 Å². The van der Waals surface area contributed by atoms with Gasteiger partial charge in [-0.15, -0.1) is 11.3 Å². The standard InChI is InChI=1S/C19H18F2N4OS/c1-11-23-17(16-13-7-3-5-9-15(13)27-18(16)24-11)25-22-10-12-6-2-4-8-14(12)26-19(20)21/h2,4,6,8,10,19H,3,5,7,9H2,1H3,(H,23,24,25)/b22-10+. The van der Waals surface area contributed by atoms with Crippen LogP contribution in [-0.2, 0) is 12.8 Å². The molecule has 0 bridgehead atoms. The van der Waals surface area contributed by atoms with E-state index in [0.29, 0.717) is 17.2 Å². The molecule has 0 fully saturated rings. The SMILES string of the molecule is Cc1nc(N/N=C/c2ccccc2OC(F)F)c2c3c(sc2n1)CCCC3. The number of aromatic nitrogens is 2. The van der Waals surface area contributed by atoms with Gasteiger partial charge in [-0.05, 0) is 50.3 Å². The number of hydrazone groups is 1. The zero-order valence-corrected chi connectivity index (χ0v) is 15.5. The van der Waals surface area contributed by atoms with Crippen molar-refractivity contribution in [2.45, 2.75) is 39.2 Å². The van der Waals surface area contributed by atoms with Gasteiger partial charge in [-0.2, -0.15) is 13.9 Å². The van der Waals surface area contributed by atoms with Crippen LogP contribution >= 0.6 is 11.3 Å². The maximum Gasteiger partial charge on any atom is 0.387 e. The molecule has 1 N–H and O–H groups in total. The highest BCUT2D eigenvalue weighted by Gasteiger charge is 2.20. The largest absolute Gasteiger partial charge is 0.434 e. The van der Waals surface area contributed by atoms with Crippen molar-refractivity contribution in [2.24, 2.45) is 5.10 Å². The second-order valence-electron chi connectivity index (χ2n) is 6.30. The molecule has 140 valence electrons. The number of nitrogens with zero attached hydrogens (tertiary/aromatic N) is 3. The number of para-hydroxylation sites is 1. The first-order valence-electron chi connectivity index (χ1n) is 8.73. The van der Waals surface area contributed by atoms with Gasteiger partial charge in [0.2, 0.25) is 0 Å². The summed E-state index contributed by atoms with van der Waals surface area (Å²) >= 11 is 1.72. The van der Waals surface area contributed by atoms with Crippen molar-refractivity contribution in [2.75, 3.05) is 5.43 Å². The normalized spacial score (nSPS) is 14.1. The fourth-order valence-corrected chi connectivity index (χ4v) is 4.61. The quantitative estimate of drug-likeness (QED) is 0.498. The second-order valence-corrected chi connectivity index (χ2v) is 7.38. The third kappa shape index (κ3) is 3.75. The molecule has 0 aliphatic heterocycles. The average molecular weight is 388 g/mol. The number of hydrogen-bond acceptors (Lipinski definition) is 6. The number of anilines is 1. The molecular formula is C19H18F2N4OS. The molecule has 0 spiro atoms. The summed E-state index contributed by atoms with van der Waals surface area (Å²) in [6, 6.07) is 6.52. The molecule has 1 aliphatic carbocycles. The number of fused-ring (bicyclic) bond motifs is 3. The van der Waals surface area contributed by atoms with Gasteiger partial charge in [0, 0.05) is 10.4 Å². The van der Waals surface area contributed by atoms with Crippen molar-refractivity contribution >= 4 is 33.6 Å². The third-order valence-corrected chi connectivity index (χ3v) is 5.62. The minimum atomic E-state index is -2.88. The van der Waals surface area contributed by atoms with Gasteiger partial charge in [-0.1, -0.05) is 12.1 Å². The van der Waals surface area contributed by atoms with E-state index >= 15 is 0 Å². The van der Waals surface area contributed by atoms with Gasteiger partial charge in [-0.3, -0.25) is 5.43 Å². The zero-order valence-electron chi connectivity index (χ0n) is 14.7. The lowest BCUT2D eigenvalue weighted by molar-refractivity contribution is -0.0499. The molecule has 27 heavy (non-hydrogen) atoms. The topological polar surface area (TPSA) is 59.4 Å². The van der Waals surface area contributed by atoms with Crippen LogP contribution in [0.4, 0.5) is 14.6 Å². The molecule has 0 saturated heterocycles. The molecule has 2 aromatic heterocycles. The summed E-state index contributed by atoms with van der Waals surface area (Å²) < 4.78 is 29.6. The first-order chi connectivity index (χ1) is 13.1. The minimum Gasteiger partial charge on any atom is -0.434 e. The van der Waals surface area contributed by atoms with Crippen LogP contribution in [0.25, 0.3) is 10.2 Å². The third-order valence-electron chi connectivity index (χ3n) is 4.44. The molecule has 0 unspecified atom stereocenters. The van der Waals surface area contributed by atoms with Crippen molar-refractivity contribution in [3.05, 3.63) is 46.1 Å². The Hall–Kier alpha value is -2.61. The number of alkyl halides is 2. The van der Waals surface area contributed by atoms with Crippen LogP contribution in [0.3, 0.4) is 0 Å². The molecule has 0 amide bonds. The molecule has 5 nitrogen and oxygen atoms in total. The van der Waals surface area contributed by atoms with Crippen LogP contribution < -0.4 is 10.2 Å². The summed E-state index contributed by atoms with van der Waals surface area (Å²) in [4.78, 5) is 11.4. The summed E-state index contributed by atoms with van der Waals surface area (Å²) in [5, 5.41) is 5.24. The van der Waals surface area contributed by atoms with Gasteiger partial charge < -0.3 is 4.74 Å². The smallest absolute Gasteiger partial charge is 0.387 e. The van der Waals surface area contributed by atoms with Crippen LogP contribution in [-0.4, -0.2) is 22.8 Å². The Balaban J connectivity index is 1.65. The fraction of sp³-hybridized carbons (Fsp3) is 0.316. The van der Waals surface area contributed by atoms with E-state index in [1.54, 1.807) is 29.5 Å². The number of aryl methyl sites for hydroxylation is 3. The van der Waals surface area contributed by atoms with E-state index in [0.717, 1.165) is 29.5 Å². The van der Waals surface area contributed by atoms with Crippen molar-refractivity contribution in [3.8, 4) is 5.75 Å². The summed E-state index contributed by atoms with van der Waals surface area (Å²) in [5.41, 5.74) is 4.74. The molecule has 0 saturated carbocycles. The van der Waals surface area contributed by atoms with Gasteiger partial charge in [0.15, 0.2) is 5.82 Å². The number of benzene rings is 1. The molecular weight excluding hydrogens is 370 g/mol. The van der Waals surface area contributed by atoms with Gasteiger partial charge >= 0.3 is 6.61 Å². The van der Waals surface area contributed by atoms with E-state index < -0.39 is 6.61 Å². The van der Waals surface area contributed by atoms with Crippen molar-refractivity contribution in [1.82, 2.24) is 9.97 Å². The number of ether oxygens (including phenoxy) is 1. The minimum absolute atomic E-state index is 0.0787. The number of halogens is 2. The van der Waals surface area contributed by atoms with Crippen molar-refractivity contribution in [1.29, 1.82) is 0 Å². The highest BCUT2D eigenvalue weighted by Crippen LogP contribution is 2.38. The Labute approximate surface area is 159 Å². The molecule has 0 atom stereocenters. The summed E-state index contributed by atoms with van der Waals surface area (Å²) in [6.45, 7) is -1.03. The van der Waals surface area contributed by atoms with E-state index in [4.69, 9.17) is 0 Å². The van der Waals surface area contributed by atoms with E-state index in [-0.39, 0.29) is 5.75 Å². The maximum atomic E-state index is 12.5. The Bertz CT molecular complexity index is 1000. The molecule has 8 heteroatoms. The summed E-state index contributed by atoms with van der Waals surface area (Å²) in [7, 11) is 0. The van der Waals surface area contributed by atoms with Crippen LogP contribution in [0.5, 0.6) is 5.75 Å². The first-order valence-corrected chi connectivity index (χ1v) is 9.55. The first kappa shape index (κ1) is 17.8. The molecule has 4 rings (SSSR count). The Kier molecular flexibility index (Phi) is 4.98. The molecule has 1 aliphatic rings. The van der Waals surface area contributed by atoms with Gasteiger partial charge in [0.1, 0.15) is 16.4 Å². The summed E-state index contributed by atoms with van der Waals surface area (Å²) in [5.74, 6) is 1.40. The maximum absolute atomic E-state index is 12.5. The average Bonchev–Trinajstić information content (AvgIpc) is 3.00. The number of thiophene rings is 1. The lowest BCUT2D eigenvalue weighted by Crippen LogP contribution is -2.05. The monoisotopic (exact) mass is 388 g/mol. The lowest BCUT2D eigenvalue weighted by Gasteiger charge is -2.11. The van der Waals surface area contributed by atoms with Crippen LogP contribution in [0, 0.1) is 6.92 Å².